The Kier molecular flexibility index (Phi) is 6.23. The summed E-state index contributed by atoms with van der Waals surface area (Å²) >= 11 is 0. The summed E-state index contributed by atoms with van der Waals surface area (Å²) in [6.45, 7) is 4.02. The summed E-state index contributed by atoms with van der Waals surface area (Å²) in [5.74, 6) is 0.512. The van der Waals surface area contributed by atoms with Gasteiger partial charge in [0.2, 0.25) is 0 Å². The Bertz CT molecular complexity index is 742. The molecule has 0 radical (unpaired) electrons. The lowest BCUT2D eigenvalue weighted by Gasteiger charge is -2.35. The lowest BCUT2D eigenvalue weighted by Crippen LogP contribution is -2.48. The predicted molar refractivity (Wildman–Crippen MR) is 100 cm³/mol. The number of amides is 1. The van der Waals surface area contributed by atoms with Crippen LogP contribution in [0, 0.1) is 5.82 Å². The highest BCUT2D eigenvalue weighted by molar-refractivity contribution is 5.97. The molecule has 0 spiro atoms. The Morgan fingerprint density at radius 2 is 1.73 bits per heavy atom. The minimum Gasteiger partial charge on any atom is -0.496 e. The molecule has 5 heteroatoms. The molecule has 0 bridgehead atoms. The van der Waals surface area contributed by atoms with Gasteiger partial charge in [0, 0.05) is 26.2 Å². The van der Waals surface area contributed by atoms with E-state index in [1.807, 2.05) is 41.3 Å². The molecule has 1 saturated heterocycles. The molecule has 1 fully saturated rings. The standard InChI is InChI=1S/C21H25FN2O2/c1-26-20-11-5-3-9-18(20)21(25)24-15-13-23(14-16-24)12-6-8-17-7-2-4-10-19(17)22/h2-5,7,9-11H,6,8,12-16H2,1H3. The first-order valence-electron chi connectivity index (χ1n) is 9.07. The Labute approximate surface area is 154 Å². The Hall–Kier alpha value is -2.40. The molecule has 0 atom stereocenters. The van der Waals surface area contributed by atoms with Gasteiger partial charge in [-0.3, -0.25) is 9.69 Å². The summed E-state index contributed by atoms with van der Waals surface area (Å²) in [5.41, 5.74) is 1.39. The second-order valence-corrected chi connectivity index (χ2v) is 6.53. The van der Waals surface area contributed by atoms with E-state index in [0.717, 1.165) is 38.0 Å². The van der Waals surface area contributed by atoms with Crippen LogP contribution in [0.25, 0.3) is 0 Å². The normalized spacial score (nSPS) is 15.1. The molecular formula is C21H25FN2O2. The van der Waals surface area contributed by atoms with Gasteiger partial charge in [-0.2, -0.15) is 0 Å². The van der Waals surface area contributed by atoms with E-state index in [1.54, 1.807) is 13.2 Å². The van der Waals surface area contributed by atoms with Crippen LogP contribution < -0.4 is 4.74 Å². The number of benzene rings is 2. The van der Waals surface area contributed by atoms with Crippen molar-refractivity contribution in [2.24, 2.45) is 0 Å². The van der Waals surface area contributed by atoms with Crippen molar-refractivity contribution < 1.29 is 13.9 Å². The van der Waals surface area contributed by atoms with E-state index in [4.69, 9.17) is 4.74 Å². The summed E-state index contributed by atoms with van der Waals surface area (Å²) in [7, 11) is 1.58. The number of methoxy groups -OCH3 is 1. The molecule has 0 saturated carbocycles. The quantitative estimate of drug-likeness (QED) is 0.797. The highest BCUT2D eigenvalue weighted by Gasteiger charge is 2.23. The Morgan fingerprint density at radius 3 is 2.46 bits per heavy atom. The van der Waals surface area contributed by atoms with Crippen molar-refractivity contribution >= 4 is 5.91 Å². The third kappa shape index (κ3) is 4.41. The number of halogens is 1. The molecule has 4 nitrogen and oxygen atoms in total. The lowest BCUT2D eigenvalue weighted by atomic mass is 10.1. The topological polar surface area (TPSA) is 32.8 Å². The molecule has 3 rings (SSSR count). The Morgan fingerprint density at radius 1 is 1.04 bits per heavy atom. The third-order valence-corrected chi connectivity index (χ3v) is 4.88. The summed E-state index contributed by atoms with van der Waals surface area (Å²) in [4.78, 5) is 16.9. The van der Waals surface area contributed by atoms with Crippen LogP contribution in [0.1, 0.15) is 22.3 Å². The molecule has 0 aromatic heterocycles. The van der Waals surface area contributed by atoms with Crippen molar-refractivity contribution in [3.63, 3.8) is 0 Å². The van der Waals surface area contributed by atoms with Gasteiger partial charge in [-0.05, 0) is 43.1 Å². The van der Waals surface area contributed by atoms with Gasteiger partial charge in [-0.25, -0.2) is 4.39 Å². The average Bonchev–Trinajstić information content (AvgIpc) is 2.69. The minimum atomic E-state index is -0.125. The number of rotatable bonds is 6. The van der Waals surface area contributed by atoms with E-state index in [-0.39, 0.29) is 11.7 Å². The number of piperazine rings is 1. The number of para-hydroxylation sites is 1. The van der Waals surface area contributed by atoms with Crippen molar-refractivity contribution in [3.8, 4) is 5.75 Å². The van der Waals surface area contributed by atoms with E-state index in [2.05, 4.69) is 4.90 Å². The maximum absolute atomic E-state index is 13.7. The van der Waals surface area contributed by atoms with Gasteiger partial charge in [-0.15, -0.1) is 0 Å². The second kappa shape index (κ2) is 8.81. The van der Waals surface area contributed by atoms with Gasteiger partial charge in [0.25, 0.3) is 5.91 Å². The van der Waals surface area contributed by atoms with Crippen LogP contribution in [-0.4, -0.2) is 55.5 Å². The molecule has 1 heterocycles. The first-order valence-corrected chi connectivity index (χ1v) is 9.07. The minimum absolute atomic E-state index is 0.0217. The summed E-state index contributed by atoms with van der Waals surface area (Å²) in [5, 5.41) is 0. The molecular weight excluding hydrogens is 331 g/mol. The number of carbonyl (C=O) groups is 1. The van der Waals surface area contributed by atoms with Crippen LogP contribution in [-0.2, 0) is 6.42 Å². The molecule has 0 aliphatic carbocycles. The molecule has 1 aliphatic heterocycles. The molecule has 1 amide bonds. The summed E-state index contributed by atoms with van der Waals surface area (Å²) in [6.07, 6.45) is 1.66. The van der Waals surface area contributed by atoms with Crippen LogP contribution in [0.3, 0.4) is 0 Å². The van der Waals surface area contributed by atoms with Gasteiger partial charge in [0.1, 0.15) is 11.6 Å². The van der Waals surface area contributed by atoms with Crippen molar-refractivity contribution in [1.29, 1.82) is 0 Å². The molecule has 2 aromatic carbocycles. The van der Waals surface area contributed by atoms with Gasteiger partial charge >= 0.3 is 0 Å². The molecule has 0 unspecified atom stereocenters. The SMILES string of the molecule is COc1ccccc1C(=O)N1CCN(CCCc2ccccc2F)CC1. The van der Waals surface area contributed by atoms with Crippen molar-refractivity contribution in [3.05, 3.63) is 65.5 Å². The van der Waals surface area contributed by atoms with Crippen LogP contribution in [0.2, 0.25) is 0 Å². The number of hydrogen-bond acceptors (Lipinski definition) is 3. The second-order valence-electron chi connectivity index (χ2n) is 6.53. The fourth-order valence-corrected chi connectivity index (χ4v) is 3.36. The van der Waals surface area contributed by atoms with Crippen LogP contribution in [0.5, 0.6) is 5.75 Å². The fraction of sp³-hybridized carbons (Fsp3) is 0.381. The molecule has 2 aromatic rings. The zero-order valence-corrected chi connectivity index (χ0v) is 15.2. The zero-order chi connectivity index (χ0) is 18.4. The number of aryl methyl sites for hydroxylation is 1. The van der Waals surface area contributed by atoms with Crippen molar-refractivity contribution in [2.45, 2.75) is 12.8 Å². The summed E-state index contributed by atoms with van der Waals surface area (Å²) < 4.78 is 18.9. The van der Waals surface area contributed by atoms with Crippen molar-refractivity contribution in [1.82, 2.24) is 9.80 Å². The van der Waals surface area contributed by atoms with Crippen LogP contribution in [0.4, 0.5) is 4.39 Å². The number of ether oxygens (including phenoxy) is 1. The third-order valence-electron chi connectivity index (χ3n) is 4.88. The van der Waals surface area contributed by atoms with Crippen LogP contribution >= 0.6 is 0 Å². The smallest absolute Gasteiger partial charge is 0.257 e. The predicted octanol–water partition coefficient (Wildman–Crippen LogP) is 3.22. The number of carbonyl (C=O) groups excluding carboxylic acids is 1. The lowest BCUT2D eigenvalue weighted by molar-refractivity contribution is 0.0633. The van der Waals surface area contributed by atoms with Gasteiger partial charge in [-0.1, -0.05) is 30.3 Å². The van der Waals surface area contributed by atoms with E-state index >= 15 is 0 Å². The monoisotopic (exact) mass is 356 g/mol. The van der Waals surface area contributed by atoms with E-state index in [1.165, 1.54) is 6.07 Å². The number of nitrogens with zero attached hydrogens (tertiary/aromatic N) is 2. The van der Waals surface area contributed by atoms with Gasteiger partial charge in [0.05, 0.1) is 12.7 Å². The maximum atomic E-state index is 13.7. The highest BCUT2D eigenvalue weighted by Crippen LogP contribution is 2.20. The first-order chi connectivity index (χ1) is 12.7. The first kappa shape index (κ1) is 18.4. The van der Waals surface area contributed by atoms with E-state index in [0.29, 0.717) is 24.4 Å². The van der Waals surface area contributed by atoms with Gasteiger partial charge in [0.15, 0.2) is 0 Å². The maximum Gasteiger partial charge on any atom is 0.257 e. The highest BCUT2D eigenvalue weighted by atomic mass is 19.1. The molecule has 138 valence electrons. The fourth-order valence-electron chi connectivity index (χ4n) is 3.36. The Balaban J connectivity index is 1.47. The zero-order valence-electron chi connectivity index (χ0n) is 15.2. The summed E-state index contributed by atoms with van der Waals surface area (Å²) in [6, 6.07) is 14.3. The molecule has 26 heavy (non-hydrogen) atoms. The van der Waals surface area contributed by atoms with E-state index < -0.39 is 0 Å². The van der Waals surface area contributed by atoms with Crippen LogP contribution in [0.15, 0.2) is 48.5 Å². The molecule has 1 aliphatic rings. The van der Waals surface area contributed by atoms with Crippen molar-refractivity contribution in [2.75, 3.05) is 39.8 Å². The number of hydrogen-bond donors (Lipinski definition) is 0. The van der Waals surface area contributed by atoms with E-state index in [9.17, 15) is 9.18 Å². The van der Waals surface area contributed by atoms with Gasteiger partial charge < -0.3 is 9.64 Å². The largest absolute Gasteiger partial charge is 0.496 e. The molecule has 0 N–H and O–H groups in total. The average molecular weight is 356 g/mol.